The highest BCUT2D eigenvalue weighted by molar-refractivity contribution is 5.71. The fraction of sp³-hybridized carbons (Fsp3) is 0.724. The van der Waals surface area contributed by atoms with E-state index in [9.17, 15) is 14.4 Å². The predicted molar refractivity (Wildman–Crippen MR) is 357 cm³/mol. The van der Waals surface area contributed by atoms with Gasteiger partial charge in [-0.05, 0) is 109 Å². The van der Waals surface area contributed by atoms with Crippen molar-refractivity contribution in [3.05, 3.63) is 109 Å². The molecule has 0 saturated carbocycles. The zero-order chi connectivity index (χ0) is 59.2. The van der Waals surface area contributed by atoms with Crippen LogP contribution in [0.5, 0.6) is 0 Å². The van der Waals surface area contributed by atoms with E-state index in [0.717, 1.165) is 122 Å². The Morgan fingerprint density at radius 1 is 0.256 bits per heavy atom. The highest BCUT2D eigenvalue weighted by Crippen LogP contribution is 2.17. The molecule has 0 aliphatic carbocycles. The summed E-state index contributed by atoms with van der Waals surface area (Å²) in [6, 6.07) is 0. The first kappa shape index (κ1) is 78.1. The summed E-state index contributed by atoms with van der Waals surface area (Å²) in [4.78, 5) is 38.4. The van der Waals surface area contributed by atoms with E-state index < -0.39 is 6.10 Å². The van der Waals surface area contributed by atoms with Crippen LogP contribution >= 0.6 is 0 Å². The Hall–Kier alpha value is -3.93. The average molecular weight is 1140 g/mol. The van der Waals surface area contributed by atoms with Gasteiger partial charge in [0.2, 0.25) is 0 Å². The van der Waals surface area contributed by atoms with E-state index in [4.69, 9.17) is 14.2 Å². The van der Waals surface area contributed by atoms with Gasteiger partial charge < -0.3 is 14.2 Å². The minimum absolute atomic E-state index is 0.0799. The van der Waals surface area contributed by atoms with Crippen molar-refractivity contribution >= 4 is 17.9 Å². The van der Waals surface area contributed by atoms with Crippen molar-refractivity contribution in [1.82, 2.24) is 0 Å². The molecule has 0 spiro atoms. The topological polar surface area (TPSA) is 78.9 Å². The standard InChI is InChI=1S/C76H130O6/c1-4-7-10-13-16-19-22-25-28-31-32-33-34-35-36-37-38-39-40-41-42-43-44-46-48-51-54-57-60-63-66-69-75(78)81-72-73(71-80-74(77)68-65-62-59-56-53-50-47-30-27-24-21-18-15-12-9-6-3)82-76(79)70-67-64-61-58-55-52-49-45-29-26-23-20-17-14-11-8-5-2/h7,10,16-17,19-20,25-26,28-29,32-33,35-36,38-39,41-42,73H,4-6,8-9,11-15,18,21-24,27,30-31,34,37,40,43-72H2,1-3H3/b10-7-,19-16-,20-17-,28-25-,29-26-,33-32-,36-35-,39-38-,42-41-. The minimum atomic E-state index is -0.786. The number of esters is 3. The first-order valence-electron chi connectivity index (χ1n) is 34.9. The monoisotopic (exact) mass is 1140 g/mol. The maximum absolute atomic E-state index is 12.9. The summed E-state index contributed by atoms with van der Waals surface area (Å²) < 4.78 is 17.0. The van der Waals surface area contributed by atoms with E-state index in [1.54, 1.807) is 0 Å². The van der Waals surface area contributed by atoms with Crippen molar-refractivity contribution < 1.29 is 28.6 Å². The van der Waals surface area contributed by atoms with Crippen LogP contribution in [-0.2, 0) is 28.6 Å². The van der Waals surface area contributed by atoms with Gasteiger partial charge in [0.25, 0.3) is 0 Å². The lowest BCUT2D eigenvalue weighted by Gasteiger charge is -2.18. The second-order valence-electron chi connectivity index (χ2n) is 23.1. The Labute approximate surface area is 508 Å². The molecule has 0 aromatic heterocycles. The number of rotatable bonds is 63. The molecule has 0 heterocycles. The summed E-state index contributed by atoms with van der Waals surface area (Å²) in [5.41, 5.74) is 0. The minimum Gasteiger partial charge on any atom is -0.462 e. The smallest absolute Gasteiger partial charge is 0.306 e. The number of hydrogen-bond acceptors (Lipinski definition) is 6. The van der Waals surface area contributed by atoms with E-state index in [1.807, 2.05) is 0 Å². The average Bonchev–Trinajstić information content (AvgIpc) is 3.48. The number of carbonyl (C=O) groups is 3. The quantitative estimate of drug-likeness (QED) is 0.0261. The van der Waals surface area contributed by atoms with Crippen LogP contribution in [0.25, 0.3) is 0 Å². The number of hydrogen-bond donors (Lipinski definition) is 0. The maximum atomic E-state index is 12.9. The normalized spacial score (nSPS) is 12.8. The Bertz CT molecular complexity index is 1640. The van der Waals surface area contributed by atoms with E-state index >= 15 is 0 Å². The fourth-order valence-electron chi connectivity index (χ4n) is 9.81. The van der Waals surface area contributed by atoms with Gasteiger partial charge in [-0.1, -0.05) is 316 Å². The van der Waals surface area contributed by atoms with Crippen LogP contribution < -0.4 is 0 Å². The van der Waals surface area contributed by atoms with Crippen molar-refractivity contribution in [2.24, 2.45) is 0 Å². The van der Waals surface area contributed by atoms with Gasteiger partial charge in [0.05, 0.1) is 0 Å². The molecule has 0 aromatic rings. The van der Waals surface area contributed by atoms with Gasteiger partial charge in [-0.15, -0.1) is 0 Å². The van der Waals surface area contributed by atoms with Gasteiger partial charge in [-0.25, -0.2) is 0 Å². The molecule has 0 fully saturated rings. The van der Waals surface area contributed by atoms with Crippen LogP contribution in [0.1, 0.15) is 335 Å². The molecule has 0 aromatic carbocycles. The van der Waals surface area contributed by atoms with Gasteiger partial charge in [-0.2, -0.15) is 0 Å². The number of ether oxygens (including phenoxy) is 3. The van der Waals surface area contributed by atoms with Gasteiger partial charge in [0, 0.05) is 19.3 Å². The molecule has 0 bridgehead atoms. The summed E-state index contributed by atoms with van der Waals surface area (Å²) in [6.45, 7) is 6.53. The molecule has 0 saturated heterocycles. The molecule has 470 valence electrons. The summed E-state index contributed by atoms with van der Waals surface area (Å²) in [6.07, 6.45) is 95.3. The first-order chi connectivity index (χ1) is 40.5. The lowest BCUT2D eigenvalue weighted by molar-refractivity contribution is -0.167. The molecule has 0 rings (SSSR count). The molecule has 82 heavy (non-hydrogen) atoms. The summed E-state index contributed by atoms with van der Waals surface area (Å²) in [5, 5.41) is 0. The lowest BCUT2D eigenvalue weighted by Crippen LogP contribution is -2.30. The van der Waals surface area contributed by atoms with Gasteiger partial charge in [0.1, 0.15) is 13.2 Å². The SMILES string of the molecule is CC/C=C\C/C=C\C/C=C\C/C=C\C/C=C\C/C=C\C/C=C\CCCCCCCCCCCC(=O)OCC(COC(=O)CCCCCCCCCCCCCCCCCC)OC(=O)CCCCCCCCC/C=C\C/C=C\CCCCC. The molecule has 0 amide bonds. The Balaban J connectivity index is 4.31. The molecule has 6 heteroatoms. The maximum Gasteiger partial charge on any atom is 0.306 e. The van der Waals surface area contributed by atoms with Crippen LogP contribution in [-0.4, -0.2) is 37.2 Å². The molecular formula is C76H130O6. The number of carbonyl (C=O) groups excluding carboxylic acids is 3. The van der Waals surface area contributed by atoms with E-state index in [-0.39, 0.29) is 31.1 Å². The summed E-state index contributed by atoms with van der Waals surface area (Å²) in [7, 11) is 0. The van der Waals surface area contributed by atoms with Crippen molar-refractivity contribution in [1.29, 1.82) is 0 Å². The largest absolute Gasteiger partial charge is 0.462 e. The molecule has 0 N–H and O–H groups in total. The number of allylic oxidation sites excluding steroid dienone is 18. The Morgan fingerprint density at radius 2 is 0.476 bits per heavy atom. The third kappa shape index (κ3) is 66.9. The van der Waals surface area contributed by atoms with Crippen molar-refractivity contribution in [2.75, 3.05) is 13.2 Å². The second-order valence-corrected chi connectivity index (χ2v) is 23.1. The van der Waals surface area contributed by atoms with E-state index in [1.165, 1.54) is 173 Å². The molecule has 0 radical (unpaired) electrons. The Morgan fingerprint density at radius 3 is 0.768 bits per heavy atom. The summed E-state index contributed by atoms with van der Waals surface area (Å²) >= 11 is 0. The van der Waals surface area contributed by atoms with Crippen molar-refractivity contribution in [2.45, 2.75) is 341 Å². The van der Waals surface area contributed by atoms with Gasteiger partial charge >= 0.3 is 17.9 Å². The highest BCUT2D eigenvalue weighted by Gasteiger charge is 2.19. The fourth-order valence-corrected chi connectivity index (χ4v) is 9.81. The van der Waals surface area contributed by atoms with E-state index in [0.29, 0.717) is 19.3 Å². The highest BCUT2D eigenvalue weighted by atomic mass is 16.6. The molecule has 1 unspecified atom stereocenters. The number of unbranched alkanes of at least 4 members (excludes halogenated alkanes) is 34. The van der Waals surface area contributed by atoms with E-state index in [2.05, 4.69) is 130 Å². The van der Waals surface area contributed by atoms with Crippen LogP contribution in [0.4, 0.5) is 0 Å². The van der Waals surface area contributed by atoms with Crippen LogP contribution in [0.15, 0.2) is 109 Å². The zero-order valence-electron chi connectivity index (χ0n) is 54.0. The van der Waals surface area contributed by atoms with Gasteiger partial charge in [-0.3, -0.25) is 14.4 Å². The van der Waals surface area contributed by atoms with Crippen LogP contribution in [0, 0.1) is 0 Å². The first-order valence-corrected chi connectivity index (χ1v) is 34.9. The van der Waals surface area contributed by atoms with Crippen LogP contribution in [0.3, 0.4) is 0 Å². The lowest BCUT2D eigenvalue weighted by atomic mass is 10.0. The van der Waals surface area contributed by atoms with Gasteiger partial charge in [0.15, 0.2) is 6.10 Å². The Kier molecular flexibility index (Phi) is 66.2. The molecule has 0 aliphatic rings. The second kappa shape index (κ2) is 69.6. The van der Waals surface area contributed by atoms with Crippen molar-refractivity contribution in [3.8, 4) is 0 Å². The molecular weight excluding hydrogens is 1010 g/mol. The molecule has 1 atom stereocenters. The predicted octanol–water partition coefficient (Wildman–Crippen LogP) is 24.2. The zero-order valence-corrected chi connectivity index (χ0v) is 54.0. The van der Waals surface area contributed by atoms with Crippen LogP contribution in [0.2, 0.25) is 0 Å². The molecule has 6 nitrogen and oxygen atoms in total. The van der Waals surface area contributed by atoms with Crippen molar-refractivity contribution in [3.63, 3.8) is 0 Å². The third-order valence-electron chi connectivity index (χ3n) is 15.0. The summed E-state index contributed by atoms with van der Waals surface area (Å²) in [5.74, 6) is -0.880. The molecule has 0 aliphatic heterocycles. The third-order valence-corrected chi connectivity index (χ3v) is 15.0.